The minimum absolute atomic E-state index is 0.737. The molecule has 2 fully saturated rings. The van der Waals surface area contributed by atoms with Gasteiger partial charge >= 0.3 is 0 Å². The van der Waals surface area contributed by atoms with E-state index in [-0.39, 0.29) is 0 Å². The van der Waals surface area contributed by atoms with Crippen LogP contribution in [0.2, 0.25) is 0 Å². The Balaban J connectivity index is 2.09. The highest BCUT2D eigenvalue weighted by atomic mass is 15.3. The van der Waals surface area contributed by atoms with Crippen molar-refractivity contribution in [1.82, 2.24) is 10.2 Å². The predicted octanol–water partition coefficient (Wildman–Crippen LogP) is 1.22. The fourth-order valence-corrected chi connectivity index (χ4v) is 3.15. The molecule has 2 nitrogen and oxygen atoms in total. The third-order valence-electron chi connectivity index (χ3n) is 3.56. The quantitative estimate of drug-likeness (QED) is 0.667. The zero-order chi connectivity index (χ0) is 8.72. The summed E-state index contributed by atoms with van der Waals surface area (Å²) in [6.07, 6.45) is 4.22. The van der Waals surface area contributed by atoms with Crippen molar-refractivity contribution in [1.29, 1.82) is 0 Å². The third-order valence-corrected chi connectivity index (χ3v) is 3.56. The van der Waals surface area contributed by atoms with Gasteiger partial charge in [0, 0.05) is 24.2 Å². The third kappa shape index (κ3) is 1.09. The van der Waals surface area contributed by atoms with Crippen molar-refractivity contribution in [3.05, 3.63) is 0 Å². The molecule has 0 amide bonds. The second-order valence-corrected chi connectivity index (χ2v) is 4.47. The molecule has 70 valence electrons. The SMILES string of the molecule is CNC1CC2CCC1N2C(C)C. The van der Waals surface area contributed by atoms with Gasteiger partial charge in [-0.2, -0.15) is 0 Å². The van der Waals surface area contributed by atoms with Crippen LogP contribution >= 0.6 is 0 Å². The molecule has 0 aliphatic carbocycles. The first kappa shape index (κ1) is 8.52. The Morgan fingerprint density at radius 3 is 2.50 bits per heavy atom. The average Bonchev–Trinajstić information content (AvgIpc) is 2.59. The number of nitrogens with zero attached hydrogens (tertiary/aromatic N) is 1. The number of nitrogens with one attached hydrogen (secondary N) is 1. The molecule has 0 spiro atoms. The Labute approximate surface area is 75.3 Å². The van der Waals surface area contributed by atoms with E-state index in [4.69, 9.17) is 0 Å². The van der Waals surface area contributed by atoms with Gasteiger partial charge in [-0.15, -0.1) is 0 Å². The molecule has 2 aliphatic heterocycles. The summed E-state index contributed by atoms with van der Waals surface area (Å²) < 4.78 is 0. The molecule has 0 aromatic rings. The summed E-state index contributed by atoms with van der Waals surface area (Å²) in [5.41, 5.74) is 0. The van der Waals surface area contributed by atoms with Crippen LogP contribution in [0.25, 0.3) is 0 Å². The number of hydrogen-bond acceptors (Lipinski definition) is 2. The molecule has 3 unspecified atom stereocenters. The number of likely N-dealkylation sites (N-methyl/N-ethyl adjacent to an activating group) is 1. The summed E-state index contributed by atoms with van der Waals surface area (Å²) in [6.45, 7) is 4.65. The Morgan fingerprint density at radius 2 is 2.08 bits per heavy atom. The van der Waals surface area contributed by atoms with E-state index in [0.29, 0.717) is 0 Å². The van der Waals surface area contributed by atoms with Gasteiger partial charge in [0.1, 0.15) is 0 Å². The molecule has 3 atom stereocenters. The smallest absolute Gasteiger partial charge is 0.0256 e. The predicted molar refractivity (Wildman–Crippen MR) is 51.2 cm³/mol. The van der Waals surface area contributed by atoms with Crippen molar-refractivity contribution in [2.75, 3.05) is 7.05 Å². The molecule has 0 saturated carbocycles. The molecule has 2 heterocycles. The molecule has 2 bridgehead atoms. The molecule has 0 aromatic carbocycles. The van der Waals surface area contributed by atoms with Crippen LogP contribution in [0.15, 0.2) is 0 Å². The minimum atomic E-state index is 0.737. The lowest BCUT2D eigenvalue weighted by Crippen LogP contribution is -2.41. The Morgan fingerprint density at radius 1 is 1.33 bits per heavy atom. The molecule has 2 rings (SSSR count). The first-order chi connectivity index (χ1) is 5.74. The largest absolute Gasteiger partial charge is 0.315 e. The van der Waals surface area contributed by atoms with Crippen molar-refractivity contribution < 1.29 is 0 Å². The maximum absolute atomic E-state index is 3.44. The average molecular weight is 168 g/mol. The lowest BCUT2D eigenvalue weighted by Gasteiger charge is -2.27. The molecule has 2 heteroatoms. The van der Waals surface area contributed by atoms with Crippen LogP contribution in [0.3, 0.4) is 0 Å². The minimum Gasteiger partial charge on any atom is -0.315 e. The fourth-order valence-electron chi connectivity index (χ4n) is 3.15. The maximum Gasteiger partial charge on any atom is 0.0256 e. The molecule has 2 aliphatic rings. The van der Waals surface area contributed by atoms with Crippen LogP contribution in [0.4, 0.5) is 0 Å². The summed E-state index contributed by atoms with van der Waals surface area (Å²) in [5, 5.41) is 3.44. The van der Waals surface area contributed by atoms with Gasteiger partial charge in [-0.1, -0.05) is 0 Å². The number of rotatable bonds is 2. The monoisotopic (exact) mass is 168 g/mol. The molecule has 12 heavy (non-hydrogen) atoms. The summed E-state index contributed by atoms with van der Waals surface area (Å²) in [4.78, 5) is 2.71. The molecular formula is C10H20N2. The molecule has 1 N–H and O–H groups in total. The normalized spacial score (nSPS) is 41.5. The lowest BCUT2D eigenvalue weighted by atomic mass is 9.96. The van der Waals surface area contributed by atoms with E-state index in [2.05, 4.69) is 31.1 Å². The molecule has 0 aromatic heterocycles. The van der Waals surface area contributed by atoms with Gasteiger partial charge in [0.2, 0.25) is 0 Å². The van der Waals surface area contributed by atoms with E-state index < -0.39 is 0 Å². The van der Waals surface area contributed by atoms with Gasteiger partial charge in [-0.25, -0.2) is 0 Å². The maximum atomic E-state index is 3.44. The Hall–Kier alpha value is -0.0800. The molecular weight excluding hydrogens is 148 g/mol. The summed E-state index contributed by atoms with van der Waals surface area (Å²) in [5.74, 6) is 0. The van der Waals surface area contributed by atoms with Gasteiger partial charge < -0.3 is 5.32 Å². The first-order valence-electron chi connectivity index (χ1n) is 5.18. The van der Waals surface area contributed by atoms with E-state index in [0.717, 1.165) is 24.2 Å². The van der Waals surface area contributed by atoms with E-state index in [1.807, 2.05) is 0 Å². The van der Waals surface area contributed by atoms with E-state index in [9.17, 15) is 0 Å². The summed E-state index contributed by atoms with van der Waals surface area (Å²) in [7, 11) is 2.10. The van der Waals surface area contributed by atoms with Crippen LogP contribution in [-0.2, 0) is 0 Å². The van der Waals surface area contributed by atoms with Crippen molar-refractivity contribution in [3.63, 3.8) is 0 Å². The van der Waals surface area contributed by atoms with Crippen LogP contribution < -0.4 is 5.32 Å². The van der Waals surface area contributed by atoms with Gasteiger partial charge in [0.05, 0.1) is 0 Å². The zero-order valence-corrected chi connectivity index (χ0v) is 8.38. The summed E-state index contributed by atoms with van der Waals surface area (Å²) in [6, 6.07) is 3.22. The van der Waals surface area contributed by atoms with Crippen LogP contribution in [0, 0.1) is 0 Å². The van der Waals surface area contributed by atoms with Crippen LogP contribution in [0.5, 0.6) is 0 Å². The highest BCUT2D eigenvalue weighted by molar-refractivity contribution is 5.04. The van der Waals surface area contributed by atoms with E-state index >= 15 is 0 Å². The highest BCUT2D eigenvalue weighted by Gasteiger charge is 2.46. The van der Waals surface area contributed by atoms with E-state index in [1.165, 1.54) is 19.3 Å². The van der Waals surface area contributed by atoms with Crippen molar-refractivity contribution >= 4 is 0 Å². The van der Waals surface area contributed by atoms with Crippen LogP contribution in [-0.4, -0.2) is 36.1 Å². The van der Waals surface area contributed by atoms with E-state index in [1.54, 1.807) is 0 Å². The molecule has 0 radical (unpaired) electrons. The van der Waals surface area contributed by atoms with Crippen molar-refractivity contribution in [2.45, 2.75) is 57.3 Å². The first-order valence-corrected chi connectivity index (χ1v) is 5.18. The molecule has 2 saturated heterocycles. The second-order valence-electron chi connectivity index (χ2n) is 4.47. The lowest BCUT2D eigenvalue weighted by molar-refractivity contribution is 0.194. The Bertz CT molecular complexity index is 167. The van der Waals surface area contributed by atoms with Gasteiger partial charge in [-0.05, 0) is 40.2 Å². The highest BCUT2D eigenvalue weighted by Crippen LogP contribution is 2.38. The second kappa shape index (κ2) is 3.00. The van der Waals surface area contributed by atoms with Gasteiger partial charge in [0.15, 0.2) is 0 Å². The van der Waals surface area contributed by atoms with Gasteiger partial charge in [0.25, 0.3) is 0 Å². The fraction of sp³-hybridized carbons (Fsp3) is 1.00. The topological polar surface area (TPSA) is 15.3 Å². The standard InChI is InChI=1S/C10H20N2/c1-7(2)12-8-4-5-10(12)9(6-8)11-3/h7-11H,4-6H2,1-3H3. The van der Waals surface area contributed by atoms with Gasteiger partial charge in [-0.3, -0.25) is 4.90 Å². The zero-order valence-electron chi connectivity index (χ0n) is 8.38. The van der Waals surface area contributed by atoms with Crippen molar-refractivity contribution in [3.8, 4) is 0 Å². The number of hydrogen-bond donors (Lipinski definition) is 1. The van der Waals surface area contributed by atoms with Crippen molar-refractivity contribution in [2.24, 2.45) is 0 Å². The number of fused-ring (bicyclic) bond motifs is 2. The Kier molecular flexibility index (Phi) is 2.13. The summed E-state index contributed by atoms with van der Waals surface area (Å²) >= 11 is 0. The van der Waals surface area contributed by atoms with Crippen LogP contribution in [0.1, 0.15) is 33.1 Å².